The van der Waals surface area contributed by atoms with E-state index in [0.29, 0.717) is 11.0 Å². The summed E-state index contributed by atoms with van der Waals surface area (Å²) in [4.78, 5) is 6.63. The van der Waals surface area contributed by atoms with Crippen LogP contribution in [-0.2, 0) is 0 Å². The van der Waals surface area contributed by atoms with Crippen LogP contribution < -0.4 is 4.74 Å². The Morgan fingerprint density at radius 3 is 3.36 bits per heavy atom. The number of nitrogens with zero attached hydrogens (tertiary/aromatic N) is 1. The maximum Gasteiger partial charge on any atom is 0.121 e. The molecule has 0 atom stereocenters. The molecule has 0 radical (unpaired) electrons. The van der Waals surface area contributed by atoms with Gasteiger partial charge < -0.3 is 9.72 Å². The summed E-state index contributed by atoms with van der Waals surface area (Å²) in [6, 6.07) is -0.0489. The molecular weight excluding hydrogens is 140 g/mol. The third-order valence-electron chi connectivity index (χ3n) is 1.38. The van der Waals surface area contributed by atoms with Crippen molar-refractivity contribution in [2.75, 3.05) is 7.11 Å². The maximum absolute atomic E-state index is 7.69. The van der Waals surface area contributed by atoms with E-state index in [1.54, 1.807) is 0 Å². The SMILES string of the molecule is [2H]c1c(OC)c([2H])c2[nH]cnc2c1[2H]. The summed E-state index contributed by atoms with van der Waals surface area (Å²) in [6.45, 7) is 0. The molecule has 0 unspecified atom stereocenters. The molecule has 0 bridgehead atoms. The van der Waals surface area contributed by atoms with E-state index in [9.17, 15) is 0 Å². The molecule has 2 rings (SSSR count). The zero-order valence-corrected chi connectivity index (χ0v) is 5.93. The molecule has 1 aromatic heterocycles. The second-order valence-corrected chi connectivity index (χ2v) is 2.03. The van der Waals surface area contributed by atoms with Gasteiger partial charge in [0.25, 0.3) is 0 Å². The molecule has 0 aliphatic rings. The highest BCUT2D eigenvalue weighted by Crippen LogP contribution is 2.16. The van der Waals surface area contributed by atoms with Crippen LogP contribution in [-0.4, -0.2) is 17.1 Å². The second kappa shape index (κ2) is 2.27. The quantitative estimate of drug-likeness (QED) is 0.671. The van der Waals surface area contributed by atoms with Gasteiger partial charge in [0.05, 0.1) is 28.6 Å². The number of aromatic nitrogens is 2. The van der Waals surface area contributed by atoms with Crippen LogP contribution in [0.4, 0.5) is 0 Å². The van der Waals surface area contributed by atoms with Crippen molar-refractivity contribution in [2.24, 2.45) is 0 Å². The Hall–Kier alpha value is -1.51. The fraction of sp³-hybridized carbons (Fsp3) is 0.125. The van der Waals surface area contributed by atoms with Crippen molar-refractivity contribution in [2.45, 2.75) is 0 Å². The normalized spacial score (nSPS) is 14.1. The molecule has 0 aliphatic carbocycles. The van der Waals surface area contributed by atoms with E-state index in [1.165, 1.54) is 13.4 Å². The first-order valence-corrected chi connectivity index (χ1v) is 3.13. The number of benzene rings is 1. The number of hydrogen-bond acceptors (Lipinski definition) is 2. The third kappa shape index (κ3) is 0.941. The molecule has 0 saturated carbocycles. The van der Waals surface area contributed by atoms with E-state index < -0.39 is 0 Å². The summed E-state index contributed by atoms with van der Waals surface area (Å²) in [5.41, 5.74) is 0.767. The minimum absolute atomic E-state index is 0.0194. The Morgan fingerprint density at radius 1 is 1.64 bits per heavy atom. The highest BCUT2D eigenvalue weighted by atomic mass is 16.5. The predicted octanol–water partition coefficient (Wildman–Crippen LogP) is 1.57. The molecular formula is C8H8N2O. The Bertz CT molecular complexity index is 495. The molecule has 0 saturated heterocycles. The van der Waals surface area contributed by atoms with Gasteiger partial charge in [-0.15, -0.1) is 0 Å². The minimum atomic E-state index is -0.0999. The van der Waals surface area contributed by atoms with Crippen LogP contribution in [0.1, 0.15) is 4.11 Å². The molecule has 1 heterocycles. The largest absolute Gasteiger partial charge is 0.497 e. The summed E-state index contributed by atoms with van der Waals surface area (Å²) < 4.78 is 27.8. The van der Waals surface area contributed by atoms with Gasteiger partial charge in [-0.05, 0) is 12.1 Å². The number of rotatable bonds is 1. The lowest BCUT2D eigenvalue weighted by molar-refractivity contribution is 0.415. The van der Waals surface area contributed by atoms with Crippen LogP contribution in [0.15, 0.2) is 24.5 Å². The van der Waals surface area contributed by atoms with Crippen molar-refractivity contribution in [1.82, 2.24) is 9.97 Å². The highest BCUT2D eigenvalue weighted by Gasteiger charge is 1.95. The second-order valence-electron chi connectivity index (χ2n) is 2.03. The lowest BCUT2D eigenvalue weighted by Crippen LogP contribution is -1.80. The standard InChI is InChI=1S/C8H8N2O/c1-11-6-2-3-7-8(4-6)10-5-9-7/h2-5H,1H3,(H,9,10)/i2D,3D,4D. The molecule has 0 fully saturated rings. The van der Waals surface area contributed by atoms with E-state index in [2.05, 4.69) is 9.97 Å². The summed E-state index contributed by atoms with van der Waals surface area (Å²) in [7, 11) is 1.38. The Balaban J connectivity index is 2.94. The lowest BCUT2D eigenvalue weighted by Gasteiger charge is -1.96. The molecule has 0 aliphatic heterocycles. The summed E-state index contributed by atoms with van der Waals surface area (Å²) in [5, 5.41) is 0. The van der Waals surface area contributed by atoms with Gasteiger partial charge in [0.2, 0.25) is 0 Å². The molecule has 3 nitrogen and oxygen atoms in total. The average molecular weight is 151 g/mol. The highest BCUT2D eigenvalue weighted by molar-refractivity contribution is 5.75. The number of ether oxygens (including phenoxy) is 1. The number of nitrogens with one attached hydrogen (secondary N) is 1. The van der Waals surface area contributed by atoms with Crippen LogP contribution in [0, 0.1) is 0 Å². The third-order valence-corrected chi connectivity index (χ3v) is 1.38. The molecule has 1 aromatic carbocycles. The first kappa shape index (κ1) is 3.76. The summed E-state index contributed by atoms with van der Waals surface area (Å²) in [6.07, 6.45) is 1.40. The van der Waals surface area contributed by atoms with Crippen molar-refractivity contribution >= 4 is 11.0 Å². The fourth-order valence-corrected chi connectivity index (χ4v) is 0.847. The first-order chi connectivity index (χ1) is 6.66. The predicted molar refractivity (Wildman–Crippen MR) is 42.6 cm³/mol. The van der Waals surface area contributed by atoms with E-state index in [1.807, 2.05) is 0 Å². The molecule has 11 heavy (non-hydrogen) atoms. The van der Waals surface area contributed by atoms with Crippen molar-refractivity contribution in [3.63, 3.8) is 0 Å². The number of methoxy groups -OCH3 is 1. The van der Waals surface area contributed by atoms with Crippen LogP contribution in [0.5, 0.6) is 5.75 Å². The smallest absolute Gasteiger partial charge is 0.121 e. The van der Waals surface area contributed by atoms with Crippen LogP contribution in [0.2, 0.25) is 0 Å². The first-order valence-electron chi connectivity index (χ1n) is 4.63. The summed E-state index contributed by atoms with van der Waals surface area (Å²) in [5.74, 6) is 0.103. The molecule has 0 amide bonds. The van der Waals surface area contributed by atoms with Crippen LogP contribution in [0.3, 0.4) is 0 Å². The van der Waals surface area contributed by atoms with Crippen molar-refractivity contribution in [3.05, 3.63) is 24.5 Å². The minimum Gasteiger partial charge on any atom is -0.497 e. The Labute approximate surface area is 68.2 Å². The maximum atomic E-state index is 7.69. The van der Waals surface area contributed by atoms with Crippen LogP contribution in [0.25, 0.3) is 11.0 Å². The molecule has 0 spiro atoms. The van der Waals surface area contributed by atoms with E-state index in [0.717, 1.165) is 0 Å². The van der Waals surface area contributed by atoms with Gasteiger partial charge in [0.1, 0.15) is 5.75 Å². The van der Waals surface area contributed by atoms with E-state index in [4.69, 9.17) is 8.85 Å². The van der Waals surface area contributed by atoms with E-state index in [-0.39, 0.29) is 23.9 Å². The van der Waals surface area contributed by atoms with Gasteiger partial charge in [0.15, 0.2) is 0 Å². The van der Waals surface area contributed by atoms with Gasteiger partial charge in [-0.2, -0.15) is 0 Å². The number of imidazole rings is 1. The number of H-pyrrole nitrogens is 1. The molecule has 3 heteroatoms. The van der Waals surface area contributed by atoms with Gasteiger partial charge in [-0.3, -0.25) is 0 Å². The average Bonchev–Trinajstić information content (AvgIpc) is 2.64. The monoisotopic (exact) mass is 151 g/mol. The lowest BCUT2D eigenvalue weighted by atomic mass is 10.3. The zero-order chi connectivity index (χ0) is 10.3. The zero-order valence-electron chi connectivity index (χ0n) is 8.93. The van der Waals surface area contributed by atoms with Crippen molar-refractivity contribution in [3.8, 4) is 5.75 Å². The van der Waals surface area contributed by atoms with Crippen molar-refractivity contribution in [1.29, 1.82) is 0 Å². The Kier molecular flexibility index (Phi) is 0.775. The topological polar surface area (TPSA) is 37.9 Å². The molecule has 1 N–H and O–H groups in total. The van der Waals surface area contributed by atoms with Gasteiger partial charge in [-0.25, -0.2) is 4.98 Å². The Morgan fingerprint density at radius 2 is 2.55 bits per heavy atom. The van der Waals surface area contributed by atoms with Crippen molar-refractivity contribution < 1.29 is 8.85 Å². The fourth-order valence-electron chi connectivity index (χ4n) is 0.847. The van der Waals surface area contributed by atoms with Crippen LogP contribution >= 0.6 is 0 Å². The summed E-state index contributed by atoms with van der Waals surface area (Å²) >= 11 is 0. The number of hydrogen-bond donors (Lipinski definition) is 1. The van der Waals surface area contributed by atoms with Gasteiger partial charge in [-0.1, -0.05) is 0 Å². The number of fused-ring (bicyclic) bond motifs is 1. The number of aromatic amines is 1. The van der Waals surface area contributed by atoms with Gasteiger partial charge >= 0.3 is 0 Å². The van der Waals surface area contributed by atoms with E-state index >= 15 is 0 Å². The molecule has 56 valence electrons. The van der Waals surface area contributed by atoms with Gasteiger partial charge in [0, 0.05) is 6.04 Å². The molecule has 2 aromatic rings.